The van der Waals surface area contributed by atoms with Gasteiger partial charge in [0.25, 0.3) is 0 Å². The fourth-order valence-electron chi connectivity index (χ4n) is 1.25. The molecule has 8 heteroatoms. The largest absolute Gasteiger partial charge is 0.475 e. The lowest BCUT2D eigenvalue weighted by Gasteiger charge is -2.19. The maximum atomic E-state index is 12.6. The predicted octanol–water partition coefficient (Wildman–Crippen LogP) is 2.73. The summed E-state index contributed by atoms with van der Waals surface area (Å²) in [5, 5.41) is 2.53. The van der Waals surface area contributed by atoms with E-state index in [0.717, 1.165) is 0 Å². The van der Waals surface area contributed by atoms with Crippen molar-refractivity contribution in [1.29, 1.82) is 0 Å². The van der Waals surface area contributed by atoms with Crippen LogP contribution in [0.4, 0.5) is 19.0 Å². The first-order valence-electron chi connectivity index (χ1n) is 6.02. The number of rotatable bonds is 5. The van der Waals surface area contributed by atoms with E-state index in [0.29, 0.717) is 0 Å². The predicted molar refractivity (Wildman–Crippen MR) is 67.8 cm³/mol. The van der Waals surface area contributed by atoms with Crippen molar-refractivity contribution in [1.82, 2.24) is 9.97 Å². The van der Waals surface area contributed by atoms with Crippen molar-refractivity contribution >= 4 is 5.82 Å². The number of nitrogens with zero attached hydrogens (tertiary/aromatic N) is 2. The van der Waals surface area contributed by atoms with Crippen molar-refractivity contribution in [2.45, 2.75) is 32.5 Å². The average Bonchev–Trinajstić information content (AvgIpc) is 2.32. The third-order valence-corrected chi connectivity index (χ3v) is 2.08. The van der Waals surface area contributed by atoms with Gasteiger partial charge in [-0.25, -0.2) is 4.98 Å². The summed E-state index contributed by atoms with van der Waals surface area (Å²) in [7, 11) is 1.47. The van der Waals surface area contributed by atoms with Crippen LogP contribution in [-0.2, 0) is 10.9 Å². The molecule has 1 aromatic heterocycles. The lowest BCUT2D eigenvalue weighted by Crippen LogP contribution is -2.23. The summed E-state index contributed by atoms with van der Waals surface area (Å²) in [5.74, 6) is -1.34. The smallest absolute Gasteiger partial charge is 0.451 e. The van der Waals surface area contributed by atoms with Gasteiger partial charge in [-0.15, -0.1) is 0 Å². The van der Waals surface area contributed by atoms with E-state index in [1.165, 1.54) is 13.1 Å². The summed E-state index contributed by atoms with van der Waals surface area (Å²) < 4.78 is 48.3. The minimum absolute atomic E-state index is 0.0408. The molecule has 0 atom stereocenters. The molecule has 1 heterocycles. The molecule has 0 unspecified atom stereocenters. The Labute approximate surface area is 115 Å². The lowest BCUT2D eigenvalue weighted by atomic mass is 10.2. The molecule has 0 fully saturated rings. The first-order valence-corrected chi connectivity index (χ1v) is 6.02. The fourth-order valence-corrected chi connectivity index (χ4v) is 1.25. The van der Waals surface area contributed by atoms with Crippen LogP contribution in [0.1, 0.15) is 26.6 Å². The number of halogens is 3. The van der Waals surface area contributed by atoms with Crippen molar-refractivity contribution in [3.05, 3.63) is 11.9 Å². The van der Waals surface area contributed by atoms with Crippen molar-refractivity contribution in [3.8, 4) is 5.88 Å². The van der Waals surface area contributed by atoms with Crippen LogP contribution in [0.2, 0.25) is 0 Å². The second-order valence-electron chi connectivity index (χ2n) is 4.97. The van der Waals surface area contributed by atoms with E-state index in [1.54, 1.807) is 0 Å². The first kappa shape index (κ1) is 16.5. The fraction of sp³-hybridized carbons (Fsp3) is 0.667. The molecule has 0 aliphatic heterocycles. The summed E-state index contributed by atoms with van der Waals surface area (Å²) in [5.41, 5.74) is -0.331. The van der Waals surface area contributed by atoms with E-state index < -0.39 is 12.0 Å². The molecule has 0 aliphatic carbocycles. The zero-order valence-electron chi connectivity index (χ0n) is 11.8. The van der Waals surface area contributed by atoms with Crippen LogP contribution in [0, 0.1) is 0 Å². The normalized spacial score (nSPS) is 12.3. The zero-order valence-corrected chi connectivity index (χ0v) is 11.8. The number of hydrogen-bond acceptors (Lipinski definition) is 5. The molecule has 114 valence electrons. The van der Waals surface area contributed by atoms with Crippen LogP contribution >= 0.6 is 0 Å². The molecule has 1 aromatic rings. The van der Waals surface area contributed by atoms with Crippen LogP contribution in [0.15, 0.2) is 6.07 Å². The Hall–Kier alpha value is -1.57. The summed E-state index contributed by atoms with van der Waals surface area (Å²) in [4.78, 5) is 6.66. The Balaban J connectivity index is 2.70. The summed E-state index contributed by atoms with van der Waals surface area (Å²) in [6, 6.07) is 1.30. The Kier molecular flexibility index (Phi) is 5.15. The quantitative estimate of drug-likeness (QED) is 0.846. The number of anilines is 1. The summed E-state index contributed by atoms with van der Waals surface area (Å²) >= 11 is 0. The molecule has 0 saturated heterocycles. The second-order valence-corrected chi connectivity index (χ2v) is 4.97. The van der Waals surface area contributed by atoms with Crippen LogP contribution < -0.4 is 10.1 Å². The molecule has 0 radical (unpaired) electrons. The molecular weight excluding hydrogens is 275 g/mol. The minimum atomic E-state index is -4.62. The van der Waals surface area contributed by atoms with Gasteiger partial charge in [-0.2, -0.15) is 18.2 Å². The molecule has 0 amide bonds. The van der Waals surface area contributed by atoms with Crippen molar-refractivity contribution in [2.75, 3.05) is 25.6 Å². The highest BCUT2D eigenvalue weighted by atomic mass is 19.4. The highest BCUT2D eigenvalue weighted by molar-refractivity contribution is 5.38. The number of alkyl halides is 3. The van der Waals surface area contributed by atoms with E-state index in [4.69, 9.17) is 9.47 Å². The average molecular weight is 293 g/mol. The minimum Gasteiger partial charge on any atom is -0.475 e. The van der Waals surface area contributed by atoms with Crippen molar-refractivity contribution in [3.63, 3.8) is 0 Å². The highest BCUT2D eigenvalue weighted by Crippen LogP contribution is 2.28. The van der Waals surface area contributed by atoms with Gasteiger partial charge in [0.15, 0.2) is 0 Å². The lowest BCUT2D eigenvalue weighted by molar-refractivity contribution is -0.145. The van der Waals surface area contributed by atoms with Gasteiger partial charge in [-0.1, -0.05) is 0 Å². The maximum absolute atomic E-state index is 12.6. The van der Waals surface area contributed by atoms with E-state index >= 15 is 0 Å². The molecule has 1 N–H and O–H groups in total. The zero-order chi connectivity index (χ0) is 15.4. The molecule has 0 bridgehead atoms. The van der Waals surface area contributed by atoms with Gasteiger partial charge in [0, 0.05) is 13.1 Å². The Morgan fingerprint density at radius 2 is 1.80 bits per heavy atom. The van der Waals surface area contributed by atoms with Gasteiger partial charge in [0.05, 0.1) is 12.2 Å². The summed E-state index contributed by atoms with van der Waals surface area (Å²) in [6.45, 7) is 5.98. The third kappa shape index (κ3) is 5.60. The molecular formula is C12H18F3N3O2. The van der Waals surface area contributed by atoms with Crippen LogP contribution in [0.3, 0.4) is 0 Å². The van der Waals surface area contributed by atoms with E-state index in [-0.39, 0.29) is 30.5 Å². The molecule has 5 nitrogen and oxygen atoms in total. The van der Waals surface area contributed by atoms with E-state index in [1.807, 2.05) is 20.8 Å². The Morgan fingerprint density at radius 3 is 2.30 bits per heavy atom. The monoisotopic (exact) mass is 293 g/mol. The van der Waals surface area contributed by atoms with Gasteiger partial charge < -0.3 is 14.8 Å². The molecule has 0 aromatic carbocycles. The number of aromatic nitrogens is 2. The van der Waals surface area contributed by atoms with E-state index in [9.17, 15) is 13.2 Å². The number of hydrogen-bond donors (Lipinski definition) is 1. The van der Waals surface area contributed by atoms with Gasteiger partial charge >= 0.3 is 6.18 Å². The van der Waals surface area contributed by atoms with Crippen molar-refractivity contribution in [2.24, 2.45) is 0 Å². The van der Waals surface area contributed by atoms with Gasteiger partial charge in [-0.05, 0) is 20.8 Å². The summed E-state index contributed by atoms with van der Waals surface area (Å²) in [6.07, 6.45) is -4.62. The molecule has 20 heavy (non-hydrogen) atoms. The molecule has 0 spiro atoms. The third-order valence-electron chi connectivity index (χ3n) is 2.08. The van der Waals surface area contributed by atoms with Crippen LogP contribution in [0.25, 0.3) is 0 Å². The van der Waals surface area contributed by atoms with Gasteiger partial charge in [-0.3, -0.25) is 0 Å². The van der Waals surface area contributed by atoms with Crippen LogP contribution in [-0.4, -0.2) is 35.8 Å². The first-order chi connectivity index (χ1) is 9.12. The molecule has 0 saturated carbocycles. The maximum Gasteiger partial charge on any atom is 0.451 e. The number of ether oxygens (including phenoxy) is 2. The van der Waals surface area contributed by atoms with Crippen LogP contribution in [0.5, 0.6) is 5.88 Å². The topological polar surface area (TPSA) is 56.3 Å². The highest BCUT2D eigenvalue weighted by Gasteiger charge is 2.35. The van der Waals surface area contributed by atoms with Gasteiger partial charge in [0.2, 0.25) is 11.7 Å². The second kappa shape index (κ2) is 6.25. The standard InChI is InChI=1S/C12H18F3N3O2/c1-11(2,3)20-6-5-19-9-7-8(16-4)17-10(18-9)12(13,14)15/h7H,5-6H2,1-4H3,(H,16,17,18). The molecule has 1 rings (SSSR count). The van der Waals surface area contributed by atoms with Gasteiger partial charge in [0.1, 0.15) is 12.4 Å². The Morgan fingerprint density at radius 1 is 1.15 bits per heavy atom. The number of nitrogens with one attached hydrogen (secondary N) is 1. The van der Waals surface area contributed by atoms with Crippen molar-refractivity contribution < 1.29 is 22.6 Å². The van der Waals surface area contributed by atoms with E-state index in [2.05, 4.69) is 15.3 Å². The SMILES string of the molecule is CNc1cc(OCCOC(C)(C)C)nc(C(F)(F)F)n1. The Bertz CT molecular complexity index is 445. The molecule has 0 aliphatic rings.